The number of amides is 1. The topological polar surface area (TPSA) is 20.3 Å². The molecule has 1 amide bonds. The van der Waals surface area contributed by atoms with Crippen molar-refractivity contribution >= 4 is 17.7 Å². The van der Waals surface area contributed by atoms with Gasteiger partial charge in [0.1, 0.15) is 0 Å². The molecule has 0 aliphatic carbocycles. The van der Waals surface area contributed by atoms with Gasteiger partial charge in [-0.05, 0) is 5.41 Å². The maximum Gasteiger partial charge on any atom is 0.237 e. The molecule has 0 aromatic heterocycles. The van der Waals surface area contributed by atoms with Crippen molar-refractivity contribution in [2.24, 2.45) is 0 Å². The lowest BCUT2D eigenvalue weighted by molar-refractivity contribution is -0.125. The van der Waals surface area contributed by atoms with Crippen molar-refractivity contribution in [2.75, 3.05) is 12.3 Å². The average Bonchev–Trinajstić information content (AvgIpc) is 1.94. The van der Waals surface area contributed by atoms with E-state index in [1.54, 1.807) is 6.20 Å². The van der Waals surface area contributed by atoms with Crippen LogP contribution in [0.25, 0.3) is 0 Å². The molecule has 0 aromatic rings. The third-order valence-corrected chi connectivity index (χ3v) is 1.85. The molecule has 2 nitrogen and oxygen atoms in total. The molecule has 0 spiro atoms. The standard InChI is InChI=1S/C7H7NOS/c1-2-3-8-4-5-10-6-7(8)9/h1,4-5H,3,6H2. The number of hydrogen-bond donors (Lipinski definition) is 0. The van der Waals surface area contributed by atoms with E-state index in [1.807, 2.05) is 5.41 Å². The minimum Gasteiger partial charge on any atom is -0.306 e. The van der Waals surface area contributed by atoms with Gasteiger partial charge >= 0.3 is 0 Å². The Balaban J connectivity index is 2.57. The molecule has 0 fully saturated rings. The Morgan fingerprint density at radius 1 is 1.90 bits per heavy atom. The van der Waals surface area contributed by atoms with E-state index in [1.165, 1.54) is 16.7 Å². The molecule has 10 heavy (non-hydrogen) atoms. The summed E-state index contributed by atoms with van der Waals surface area (Å²) in [5.41, 5.74) is 0. The highest BCUT2D eigenvalue weighted by Crippen LogP contribution is 2.11. The van der Waals surface area contributed by atoms with Gasteiger partial charge < -0.3 is 4.90 Å². The van der Waals surface area contributed by atoms with Gasteiger partial charge in [-0.25, -0.2) is 0 Å². The molecule has 52 valence electrons. The Labute approximate surface area is 64.3 Å². The second-order valence-electron chi connectivity index (χ2n) is 1.82. The van der Waals surface area contributed by atoms with Crippen LogP contribution in [0.1, 0.15) is 0 Å². The fourth-order valence-corrected chi connectivity index (χ4v) is 1.28. The lowest BCUT2D eigenvalue weighted by Crippen LogP contribution is -2.29. The molecule has 0 unspecified atom stereocenters. The van der Waals surface area contributed by atoms with E-state index >= 15 is 0 Å². The van der Waals surface area contributed by atoms with E-state index in [9.17, 15) is 4.79 Å². The first kappa shape index (κ1) is 7.23. The van der Waals surface area contributed by atoms with Crippen molar-refractivity contribution < 1.29 is 4.79 Å². The predicted octanol–water partition coefficient (Wildman–Crippen LogP) is 0.666. The van der Waals surface area contributed by atoms with Crippen LogP contribution in [0.3, 0.4) is 0 Å². The summed E-state index contributed by atoms with van der Waals surface area (Å²) in [6, 6.07) is 0. The molecule has 3 heteroatoms. The zero-order valence-electron chi connectivity index (χ0n) is 5.41. The lowest BCUT2D eigenvalue weighted by Gasteiger charge is -2.17. The second-order valence-corrected chi connectivity index (χ2v) is 2.72. The van der Waals surface area contributed by atoms with Crippen LogP contribution >= 0.6 is 11.8 Å². The molecule has 1 aliphatic heterocycles. The number of hydrogen-bond acceptors (Lipinski definition) is 2. The number of carbonyl (C=O) groups is 1. The summed E-state index contributed by atoms with van der Waals surface area (Å²) in [5.74, 6) is 3.01. The van der Waals surface area contributed by atoms with E-state index in [4.69, 9.17) is 6.42 Å². The zero-order valence-corrected chi connectivity index (χ0v) is 6.23. The van der Waals surface area contributed by atoms with Gasteiger partial charge in [-0.2, -0.15) is 0 Å². The van der Waals surface area contributed by atoms with Gasteiger partial charge in [-0.1, -0.05) is 5.92 Å². The summed E-state index contributed by atoms with van der Waals surface area (Å²) in [4.78, 5) is 12.5. The van der Waals surface area contributed by atoms with E-state index in [2.05, 4.69) is 5.92 Å². The summed E-state index contributed by atoms with van der Waals surface area (Å²) < 4.78 is 0. The van der Waals surface area contributed by atoms with Gasteiger partial charge in [0.25, 0.3) is 0 Å². The quantitative estimate of drug-likeness (QED) is 0.516. The Morgan fingerprint density at radius 3 is 3.30 bits per heavy atom. The second kappa shape index (κ2) is 3.33. The van der Waals surface area contributed by atoms with Crippen LogP contribution in [0, 0.1) is 12.3 Å². The third kappa shape index (κ3) is 1.55. The first-order valence-electron chi connectivity index (χ1n) is 2.86. The van der Waals surface area contributed by atoms with Crippen molar-refractivity contribution in [1.82, 2.24) is 4.90 Å². The molecule has 0 N–H and O–H groups in total. The molecule has 0 radical (unpaired) electrons. The molecule has 0 bridgehead atoms. The summed E-state index contributed by atoms with van der Waals surface area (Å²) in [7, 11) is 0. The Hall–Kier alpha value is -0.880. The Morgan fingerprint density at radius 2 is 2.70 bits per heavy atom. The summed E-state index contributed by atoms with van der Waals surface area (Å²) in [6.45, 7) is 0.385. The van der Waals surface area contributed by atoms with E-state index in [0.29, 0.717) is 12.3 Å². The Bertz CT molecular complexity index is 204. The molecule has 1 aliphatic rings. The van der Waals surface area contributed by atoms with Crippen molar-refractivity contribution in [1.29, 1.82) is 0 Å². The minimum absolute atomic E-state index is 0.0884. The van der Waals surface area contributed by atoms with Gasteiger partial charge in [0.15, 0.2) is 0 Å². The van der Waals surface area contributed by atoms with Crippen LogP contribution in [0.5, 0.6) is 0 Å². The highest BCUT2D eigenvalue weighted by Gasteiger charge is 2.11. The number of rotatable bonds is 1. The van der Waals surface area contributed by atoms with Crippen LogP contribution in [-0.2, 0) is 4.79 Å². The maximum atomic E-state index is 10.9. The van der Waals surface area contributed by atoms with Gasteiger partial charge in [0.05, 0.1) is 12.3 Å². The SMILES string of the molecule is C#CCN1C=CSCC1=O. The number of terminal acetylenes is 1. The van der Waals surface area contributed by atoms with Crippen LogP contribution < -0.4 is 0 Å². The fraction of sp³-hybridized carbons (Fsp3) is 0.286. The van der Waals surface area contributed by atoms with Crippen molar-refractivity contribution in [3.05, 3.63) is 11.6 Å². The molecule has 1 rings (SSSR count). The summed E-state index contributed by atoms with van der Waals surface area (Å²) >= 11 is 1.49. The van der Waals surface area contributed by atoms with Crippen molar-refractivity contribution in [2.45, 2.75) is 0 Å². The number of nitrogens with zero attached hydrogens (tertiary/aromatic N) is 1. The van der Waals surface area contributed by atoms with Crippen molar-refractivity contribution in [3.63, 3.8) is 0 Å². The van der Waals surface area contributed by atoms with E-state index < -0.39 is 0 Å². The van der Waals surface area contributed by atoms with Crippen LogP contribution in [-0.4, -0.2) is 23.1 Å². The normalized spacial score (nSPS) is 17.1. The minimum atomic E-state index is 0.0884. The monoisotopic (exact) mass is 153 g/mol. The smallest absolute Gasteiger partial charge is 0.237 e. The van der Waals surface area contributed by atoms with E-state index in [-0.39, 0.29) is 5.91 Å². The summed E-state index contributed by atoms with van der Waals surface area (Å²) in [5, 5.41) is 1.87. The molecule has 0 saturated carbocycles. The zero-order chi connectivity index (χ0) is 7.40. The molecule has 0 aromatic carbocycles. The van der Waals surface area contributed by atoms with Gasteiger partial charge in [0.2, 0.25) is 5.91 Å². The number of thioether (sulfide) groups is 1. The van der Waals surface area contributed by atoms with Gasteiger partial charge in [-0.3, -0.25) is 4.79 Å². The summed E-state index contributed by atoms with van der Waals surface area (Å²) in [6.07, 6.45) is 6.76. The Kier molecular flexibility index (Phi) is 2.41. The molecule has 0 saturated heterocycles. The van der Waals surface area contributed by atoms with Gasteiger partial charge in [-0.15, -0.1) is 18.2 Å². The highest BCUT2D eigenvalue weighted by atomic mass is 32.2. The van der Waals surface area contributed by atoms with Crippen LogP contribution in [0.15, 0.2) is 11.6 Å². The fourth-order valence-electron chi connectivity index (χ4n) is 0.641. The largest absolute Gasteiger partial charge is 0.306 e. The maximum absolute atomic E-state index is 10.9. The first-order chi connectivity index (χ1) is 4.84. The lowest BCUT2D eigenvalue weighted by atomic mass is 10.5. The van der Waals surface area contributed by atoms with E-state index in [0.717, 1.165) is 0 Å². The molecule has 1 heterocycles. The first-order valence-corrected chi connectivity index (χ1v) is 3.90. The average molecular weight is 153 g/mol. The van der Waals surface area contributed by atoms with Crippen LogP contribution in [0.4, 0.5) is 0 Å². The molecule has 0 atom stereocenters. The highest BCUT2D eigenvalue weighted by molar-refractivity contribution is 8.02. The van der Waals surface area contributed by atoms with Gasteiger partial charge in [0, 0.05) is 6.20 Å². The predicted molar refractivity (Wildman–Crippen MR) is 42.1 cm³/mol. The third-order valence-electron chi connectivity index (χ3n) is 1.13. The van der Waals surface area contributed by atoms with Crippen molar-refractivity contribution in [3.8, 4) is 12.3 Å². The number of carbonyl (C=O) groups excluding carboxylic acids is 1. The molecular formula is C7H7NOS. The molecular weight excluding hydrogens is 146 g/mol. The van der Waals surface area contributed by atoms with Crippen LogP contribution in [0.2, 0.25) is 0 Å².